The fourth-order valence-corrected chi connectivity index (χ4v) is 2.37. The molecule has 2 aromatic rings. The predicted octanol–water partition coefficient (Wildman–Crippen LogP) is 4.00. The van der Waals surface area contributed by atoms with Gasteiger partial charge < -0.3 is 16.0 Å². The third-order valence-corrected chi connectivity index (χ3v) is 3.39. The molecule has 7 heteroatoms. The van der Waals surface area contributed by atoms with Gasteiger partial charge in [0.05, 0.1) is 17.3 Å². The number of amides is 2. The Bertz CT molecular complexity index is 735. The Morgan fingerprint density at radius 1 is 1.00 bits per heavy atom. The van der Waals surface area contributed by atoms with Crippen molar-refractivity contribution in [1.29, 1.82) is 0 Å². The molecule has 0 saturated heterocycles. The predicted molar refractivity (Wildman–Crippen MR) is 94.3 cm³/mol. The first-order valence-electron chi connectivity index (χ1n) is 6.80. The summed E-state index contributed by atoms with van der Waals surface area (Å²) in [7, 11) is 0. The largest absolute Gasteiger partial charge is 0.375 e. The third kappa shape index (κ3) is 5.47. The van der Waals surface area contributed by atoms with Crippen LogP contribution in [0, 0.1) is 0 Å². The molecule has 0 radical (unpaired) electrons. The molecule has 0 saturated carbocycles. The Balaban J connectivity index is 1.93. The van der Waals surface area contributed by atoms with Crippen LogP contribution < -0.4 is 16.0 Å². The van der Waals surface area contributed by atoms with Crippen LogP contribution in [0.5, 0.6) is 0 Å². The van der Waals surface area contributed by atoms with E-state index in [-0.39, 0.29) is 18.4 Å². The number of carbonyl (C=O) groups is 2. The lowest BCUT2D eigenvalue weighted by Crippen LogP contribution is -2.22. The maximum absolute atomic E-state index is 12.0. The molecule has 0 unspecified atom stereocenters. The van der Waals surface area contributed by atoms with Crippen molar-refractivity contribution in [2.45, 2.75) is 6.92 Å². The van der Waals surface area contributed by atoms with E-state index in [0.717, 1.165) is 0 Å². The zero-order chi connectivity index (χ0) is 16.8. The van der Waals surface area contributed by atoms with Crippen molar-refractivity contribution in [2.75, 3.05) is 22.5 Å². The third-order valence-electron chi connectivity index (χ3n) is 2.84. The number of nitrogens with one attached hydrogen (secondary N) is 3. The van der Waals surface area contributed by atoms with Crippen LogP contribution in [0.15, 0.2) is 42.5 Å². The molecule has 0 spiro atoms. The van der Waals surface area contributed by atoms with Crippen LogP contribution in [-0.4, -0.2) is 18.4 Å². The summed E-state index contributed by atoms with van der Waals surface area (Å²) in [6, 6.07) is 11.9. The van der Waals surface area contributed by atoms with Gasteiger partial charge in [-0.1, -0.05) is 29.3 Å². The number of benzene rings is 2. The molecule has 0 fully saturated rings. The van der Waals surface area contributed by atoms with E-state index in [1.54, 1.807) is 42.5 Å². The molecule has 2 amide bonds. The first-order chi connectivity index (χ1) is 10.9. The van der Waals surface area contributed by atoms with Gasteiger partial charge in [-0.2, -0.15) is 0 Å². The summed E-state index contributed by atoms with van der Waals surface area (Å²) >= 11 is 11.8. The van der Waals surface area contributed by atoms with Gasteiger partial charge in [0.2, 0.25) is 11.8 Å². The smallest absolute Gasteiger partial charge is 0.243 e. The SMILES string of the molecule is CC(=O)Nc1cccc(NC(=O)CNc2ccc(Cl)cc2Cl)c1. The number of anilines is 3. The van der Waals surface area contributed by atoms with Crippen LogP contribution in [0.3, 0.4) is 0 Å². The summed E-state index contributed by atoms with van der Waals surface area (Å²) in [6.45, 7) is 1.47. The molecular weight excluding hydrogens is 337 g/mol. The van der Waals surface area contributed by atoms with E-state index in [2.05, 4.69) is 16.0 Å². The van der Waals surface area contributed by atoms with Crippen molar-refractivity contribution in [3.05, 3.63) is 52.5 Å². The van der Waals surface area contributed by atoms with Crippen LogP contribution in [0.1, 0.15) is 6.92 Å². The van der Waals surface area contributed by atoms with Gasteiger partial charge in [-0.25, -0.2) is 0 Å². The molecule has 120 valence electrons. The molecule has 0 aliphatic rings. The van der Waals surface area contributed by atoms with Gasteiger partial charge in [-0.15, -0.1) is 0 Å². The number of hydrogen-bond acceptors (Lipinski definition) is 3. The van der Waals surface area contributed by atoms with Gasteiger partial charge in [-0.05, 0) is 36.4 Å². The maximum atomic E-state index is 12.0. The quantitative estimate of drug-likeness (QED) is 0.762. The second kappa shape index (κ2) is 7.85. The zero-order valence-corrected chi connectivity index (χ0v) is 13.8. The highest BCUT2D eigenvalue weighted by atomic mass is 35.5. The maximum Gasteiger partial charge on any atom is 0.243 e. The highest BCUT2D eigenvalue weighted by molar-refractivity contribution is 6.36. The lowest BCUT2D eigenvalue weighted by atomic mass is 10.2. The summed E-state index contributed by atoms with van der Waals surface area (Å²) in [4.78, 5) is 23.0. The van der Waals surface area contributed by atoms with Crippen LogP contribution in [0.2, 0.25) is 10.0 Å². The van der Waals surface area contributed by atoms with Crippen molar-refractivity contribution in [2.24, 2.45) is 0 Å². The minimum absolute atomic E-state index is 0.0473. The van der Waals surface area contributed by atoms with E-state index in [0.29, 0.717) is 27.1 Å². The highest BCUT2D eigenvalue weighted by Gasteiger charge is 2.06. The molecule has 0 aromatic heterocycles. The Hall–Kier alpha value is -2.24. The lowest BCUT2D eigenvalue weighted by molar-refractivity contribution is -0.115. The molecule has 0 aliphatic carbocycles. The fraction of sp³-hybridized carbons (Fsp3) is 0.125. The summed E-state index contributed by atoms with van der Waals surface area (Å²) in [5.74, 6) is -0.413. The number of halogens is 2. The highest BCUT2D eigenvalue weighted by Crippen LogP contribution is 2.25. The first kappa shape index (κ1) is 17.1. The monoisotopic (exact) mass is 351 g/mol. The molecular formula is C16H15Cl2N3O2. The standard InChI is InChI=1S/C16H15Cl2N3O2/c1-10(22)20-12-3-2-4-13(8-12)21-16(23)9-19-15-6-5-11(17)7-14(15)18/h2-8,19H,9H2,1H3,(H,20,22)(H,21,23). The van der Waals surface area contributed by atoms with Crippen molar-refractivity contribution in [3.8, 4) is 0 Å². The first-order valence-corrected chi connectivity index (χ1v) is 7.56. The topological polar surface area (TPSA) is 70.2 Å². The van der Waals surface area contributed by atoms with Gasteiger partial charge in [-0.3, -0.25) is 9.59 Å². The van der Waals surface area contributed by atoms with Crippen molar-refractivity contribution in [1.82, 2.24) is 0 Å². The lowest BCUT2D eigenvalue weighted by Gasteiger charge is -2.10. The van der Waals surface area contributed by atoms with Crippen LogP contribution >= 0.6 is 23.2 Å². The van der Waals surface area contributed by atoms with Crippen LogP contribution in [-0.2, 0) is 9.59 Å². The van der Waals surface area contributed by atoms with E-state index in [1.165, 1.54) is 6.92 Å². The molecule has 3 N–H and O–H groups in total. The Morgan fingerprint density at radius 3 is 2.35 bits per heavy atom. The minimum atomic E-state index is -0.240. The molecule has 0 heterocycles. The molecule has 5 nitrogen and oxygen atoms in total. The Kier molecular flexibility index (Phi) is 5.84. The second-order valence-corrected chi connectivity index (χ2v) is 5.63. The van der Waals surface area contributed by atoms with E-state index in [4.69, 9.17) is 23.2 Å². The Morgan fingerprint density at radius 2 is 1.70 bits per heavy atom. The van der Waals surface area contributed by atoms with E-state index < -0.39 is 0 Å². The van der Waals surface area contributed by atoms with Gasteiger partial charge in [0.25, 0.3) is 0 Å². The van der Waals surface area contributed by atoms with Gasteiger partial charge in [0, 0.05) is 23.3 Å². The van der Waals surface area contributed by atoms with Gasteiger partial charge in [0.1, 0.15) is 0 Å². The van der Waals surface area contributed by atoms with Crippen molar-refractivity contribution >= 4 is 52.1 Å². The number of rotatable bonds is 5. The van der Waals surface area contributed by atoms with E-state index in [9.17, 15) is 9.59 Å². The summed E-state index contributed by atoms with van der Waals surface area (Å²) < 4.78 is 0. The molecule has 2 aromatic carbocycles. The van der Waals surface area contributed by atoms with E-state index in [1.807, 2.05) is 0 Å². The number of hydrogen-bond donors (Lipinski definition) is 3. The van der Waals surface area contributed by atoms with Crippen LogP contribution in [0.4, 0.5) is 17.1 Å². The molecule has 0 bridgehead atoms. The second-order valence-electron chi connectivity index (χ2n) is 4.79. The fourth-order valence-electron chi connectivity index (χ4n) is 1.89. The minimum Gasteiger partial charge on any atom is -0.375 e. The average Bonchev–Trinajstić information content (AvgIpc) is 2.46. The Labute approximate surface area is 144 Å². The normalized spacial score (nSPS) is 10.0. The number of carbonyl (C=O) groups excluding carboxylic acids is 2. The van der Waals surface area contributed by atoms with Crippen molar-refractivity contribution in [3.63, 3.8) is 0 Å². The molecule has 0 aliphatic heterocycles. The summed E-state index contributed by atoms with van der Waals surface area (Å²) in [5, 5.41) is 9.29. The van der Waals surface area contributed by atoms with Gasteiger partial charge in [0.15, 0.2) is 0 Å². The molecule has 23 heavy (non-hydrogen) atoms. The van der Waals surface area contributed by atoms with E-state index >= 15 is 0 Å². The molecule has 2 rings (SSSR count). The molecule has 0 atom stereocenters. The van der Waals surface area contributed by atoms with Crippen molar-refractivity contribution < 1.29 is 9.59 Å². The average molecular weight is 352 g/mol. The summed E-state index contributed by atoms with van der Waals surface area (Å²) in [6.07, 6.45) is 0. The van der Waals surface area contributed by atoms with Gasteiger partial charge >= 0.3 is 0 Å². The zero-order valence-electron chi connectivity index (χ0n) is 12.3. The van der Waals surface area contributed by atoms with Crippen LogP contribution in [0.25, 0.3) is 0 Å². The summed E-state index contributed by atoms with van der Waals surface area (Å²) in [5.41, 5.74) is 1.83.